The Kier molecular flexibility index (Phi) is 2.96. The third kappa shape index (κ3) is 1.71. The van der Waals surface area contributed by atoms with E-state index in [1.165, 1.54) is 0 Å². The van der Waals surface area contributed by atoms with Gasteiger partial charge in [0.1, 0.15) is 5.54 Å². The van der Waals surface area contributed by atoms with Crippen molar-refractivity contribution in [3.8, 4) is 0 Å². The minimum Gasteiger partial charge on any atom is -0.479 e. The quantitative estimate of drug-likeness (QED) is 0.839. The van der Waals surface area contributed by atoms with Crippen molar-refractivity contribution < 1.29 is 14.6 Å². The maximum absolute atomic E-state index is 11.5. The van der Waals surface area contributed by atoms with Gasteiger partial charge in [0, 0.05) is 31.8 Å². The summed E-state index contributed by atoms with van der Waals surface area (Å²) in [5.41, 5.74) is -0.880. The van der Waals surface area contributed by atoms with Crippen molar-refractivity contribution in [1.82, 2.24) is 9.55 Å². The summed E-state index contributed by atoms with van der Waals surface area (Å²) in [5, 5.41) is 9.47. The van der Waals surface area contributed by atoms with Crippen LogP contribution in [0, 0.1) is 0 Å². The SMILES string of the molecule is CCC1CC(C(=O)O)(n2ccnc2)CCO1. The number of carbonyl (C=O) groups is 1. The highest BCUT2D eigenvalue weighted by molar-refractivity contribution is 5.77. The first-order valence-corrected chi connectivity index (χ1v) is 5.52. The molecule has 1 aliphatic heterocycles. The van der Waals surface area contributed by atoms with Gasteiger partial charge in [-0.05, 0) is 6.42 Å². The Bertz CT molecular complexity index is 363. The molecule has 1 aromatic rings. The van der Waals surface area contributed by atoms with Crippen LogP contribution in [-0.2, 0) is 15.1 Å². The molecule has 2 atom stereocenters. The van der Waals surface area contributed by atoms with Gasteiger partial charge in [0.15, 0.2) is 0 Å². The van der Waals surface area contributed by atoms with Crippen LogP contribution < -0.4 is 0 Å². The summed E-state index contributed by atoms with van der Waals surface area (Å²) in [6.07, 6.45) is 6.76. The molecule has 0 bridgehead atoms. The average molecular weight is 224 g/mol. The van der Waals surface area contributed by atoms with Crippen molar-refractivity contribution in [1.29, 1.82) is 0 Å². The number of nitrogens with zero attached hydrogens (tertiary/aromatic N) is 2. The Labute approximate surface area is 94.1 Å². The number of rotatable bonds is 3. The standard InChI is InChI=1S/C11H16N2O3/c1-2-9-7-11(10(14)15,3-6-16-9)13-5-4-12-8-13/h4-5,8-9H,2-3,6-7H2,1H3,(H,14,15). The number of hydrogen-bond donors (Lipinski definition) is 1. The van der Waals surface area contributed by atoms with E-state index in [-0.39, 0.29) is 6.10 Å². The third-order valence-corrected chi connectivity index (χ3v) is 3.29. The zero-order chi connectivity index (χ0) is 11.6. The zero-order valence-electron chi connectivity index (χ0n) is 9.30. The van der Waals surface area contributed by atoms with Gasteiger partial charge in [0.2, 0.25) is 0 Å². The van der Waals surface area contributed by atoms with Crippen LogP contribution in [-0.4, -0.2) is 33.3 Å². The van der Waals surface area contributed by atoms with Crippen LogP contribution in [0.15, 0.2) is 18.7 Å². The summed E-state index contributed by atoms with van der Waals surface area (Å²) < 4.78 is 7.23. The van der Waals surface area contributed by atoms with Crippen LogP contribution in [0.5, 0.6) is 0 Å². The van der Waals surface area contributed by atoms with Crippen molar-refractivity contribution in [3.05, 3.63) is 18.7 Å². The number of hydrogen-bond acceptors (Lipinski definition) is 3. The average Bonchev–Trinajstić information content (AvgIpc) is 2.82. The van der Waals surface area contributed by atoms with Crippen molar-refractivity contribution in [2.24, 2.45) is 0 Å². The number of imidazole rings is 1. The van der Waals surface area contributed by atoms with E-state index < -0.39 is 11.5 Å². The van der Waals surface area contributed by atoms with Crippen molar-refractivity contribution in [2.75, 3.05) is 6.61 Å². The Hall–Kier alpha value is -1.36. The largest absolute Gasteiger partial charge is 0.479 e. The van der Waals surface area contributed by atoms with Gasteiger partial charge >= 0.3 is 5.97 Å². The summed E-state index contributed by atoms with van der Waals surface area (Å²) in [4.78, 5) is 15.5. The lowest BCUT2D eigenvalue weighted by molar-refractivity contribution is -0.156. The summed E-state index contributed by atoms with van der Waals surface area (Å²) in [6.45, 7) is 2.50. The van der Waals surface area contributed by atoms with E-state index in [0.717, 1.165) is 6.42 Å². The van der Waals surface area contributed by atoms with Crippen LogP contribution in [0.2, 0.25) is 0 Å². The first-order chi connectivity index (χ1) is 7.69. The van der Waals surface area contributed by atoms with E-state index >= 15 is 0 Å². The fourth-order valence-corrected chi connectivity index (χ4v) is 2.25. The highest BCUT2D eigenvalue weighted by Gasteiger charge is 2.44. The molecule has 16 heavy (non-hydrogen) atoms. The monoisotopic (exact) mass is 224 g/mol. The zero-order valence-corrected chi connectivity index (χ0v) is 9.30. The maximum atomic E-state index is 11.5. The molecule has 1 saturated heterocycles. The predicted octanol–water partition coefficient (Wildman–Crippen LogP) is 1.25. The molecule has 1 aromatic heterocycles. The lowest BCUT2D eigenvalue weighted by Gasteiger charge is -2.38. The molecule has 1 fully saturated rings. The summed E-state index contributed by atoms with van der Waals surface area (Å²) in [5.74, 6) is -0.799. The van der Waals surface area contributed by atoms with Crippen molar-refractivity contribution >= 4 is 5.97 Å². The van der Waals surface area contributed by atoms with Crippen LogP contribution in [0.1, 0.15) is 26.2 Å². The number of aliphatic carboxylic acids is 1. The molecule has 5 nitrogen and oxygen atoms in total. The van der Waals surface area contributed by atoms with Crippen molar-refractivity contribution in [3.63, 3.8) is 0 Å². The second-order valence-electron chi connectivity index (χ2n) is 4.16. The number of carboxylic acids is 1. The topological polar surface area (TPSA) is 64.3 Å². The minimum atomic E-state index is -0.880. The molecular formula is C11H16N2O3. The summed E-state index contributed by atoms with van der Waals surface area (Å²) >= 11 is 0. The molecule has 1 N–H and O–H groups in total. The normalized spacial score (nSPS) is 30.2. The Morgan fingerprint density at radius 2 is 2.56 bits per heavy atom. The predicted molar refractivity (Wildman–Crippen MR) is 57.1 cm³/mol. The Morgan fingerprint density at radius 1 is 1.75 bits per heavy atom. The molecule has 0 saturated carbocycles. The number of ether oxygens (including phenoxy) is 1. The highest BCUT2D eigenvalue weighted by atomic mass is 16.5. The Morgan fingerprint density at radius 3 is 3.12 bits per heavy atom. The molecule has 0 aliphatic carbocycles. The molecule has 2 unspecified atom stereocenters. The first kappa shape index (κ1) is 11.1. The van der Waals surface area contributed by atoms with Gasteiger partial charge in [0.05, 0.1) is 12.4 Å². The van der Waals surface area contributed by atoms with Gasteiger partial charge < -0.3 is 14.4 Å². The van der Waals surface area contributed by atoms with Gasteiger partial charge in [-0.1, -0.05) is 6.92 Å². The molecule has 5 heteroatoms. The smallest absolute Gasteiger partial charge is 0.330 e. The second kappa shape index (κ2) is 4.25. The number of carboxylic acid groups (broad SMARTS) is 1. The van der Waals surface area contributed by atoms with E-state index in [2.05, 4.69) is 4.98 Å². The van der Waals surface area contributed by atoms with Crippen molar-refractivity contribution in [2.45, 2.75) is 37.8 Å². The molecular weight excluding hydrogens is 208 g/mol. The first-order valence-electron chi connectivity index (χ1n) is 5.52. The molecule has 1 aliphatic rings. The molecule has 0 amide bonds. The maximum Gasteiger partial charge on any atom is 0.330 e. The van der Waals surface area contributed by atoms with E-state index in [9.17, 15) is 9.90 Å². The van der Waals surface area contributed by atoms with E-state index in [0.29, 0.717) is 19.4 Å². The lowest BCUT2D eigenvalue weighted by Crippen LogP contribution is -2.48. The van der Waals surface area contributed by atoms with Gasteiger partial charge in [-0.2, -0.15) is 0 Å². The molecule has 2 heterocycles. The van der Waals surface area contributed by atoms with E-state index in [1.807, 2.05) is 6.92 Å². The van der Waals surface area contributed by atoms with Gasteiger partial charge in [-0.3, -0.25) is 0 Å². The fraction of sp³-hybridized carbons (Fsp3) is 0.636. The van der Waals surface area contributed by atoms with Gasteiger partial charge in [0.25, 0.3) is 0 Å². The third-order valence-electron chi connectivity index (χ3n) is 3.29. The fourth-order valence-electron chi connectivity index (χ4n) is 2.25. The molecule has 0 radical (unpaired) electrons. The van der Waals surface area contributed by atoms with Gasteiger partial charge in [-0.15, -0.1) is 0 Å². The summed E-state index contributed by atoms with van der Waals surface area (Å²) in [7, 11) is 0. The number of aromatic nitrogens is 2. The molecule has 2 rings (SSSR count). The molecule has 88 valence electrons. The van der Waals surface area contributed by atoms with Crippen LogP contribution in [0.3, 0.4) is 0 Å². The van der Waals surface area contributed by atoms with E-state index in [1.54, 1.807) is 23.3 Å². The molecule has 0 spiro atoms. The van der Waals surface area contributed by atoms with Gasteiger partial charge in [-0.25, -0.2) is 9.78 Å². The Balaban J connectivity index is 2.32. The highest BCUT2D eigenvalue weighted by Crippen LogP contribution is 2.33. The minimum absolute atomic E-state index is 0.0206. The van der Waals surface area contributed by atoms with E-state index in [4.69, 9.17) is 4.74 Å². The van der Waals surface area contributed by atoms with Crippen LogP contribution in [0.25, 0.3) is 0 Å². The summed E-state index contributed by atoms with van der Waals surface area (Å²) in [6, 6.07) is 0. The van der Waals surface area contributed by atoms with Crippen LogP contribution in [0.4, 0.5) is 0 Å². The molecule has 0 aromatic carbocycles. The van der Waals surface area contributed by atoms with Crippen LogP contribution >= 0.6 is 0 Å². The lowest BCUT2D eigenvalue weighted by atomic mass is 9.85. The second-order valence-corrected chi connectivity index (χ2v) is 4.16.